The van der Waals surface area contributed by atoms with E-state index in [-0.39, 0.29) is 4.73 Å². The SMILES string of the molecule is [O-][n+]1c[c]ccc1F. The fourth-order valence-corrected chi connectivity index (χ4v) is 0.363. The van der Waals surface area contributed by atoms with Crippen LogP contribution in [-0.4, -0.2) is 0 Å². The van der Waals surface area contributed by atoms with E-state index in [1.54, 1.807) is 0 Å². The number of rotatable bonds is 0. The molecule has 1 radical (unpaired) electrons. The van der Waals surface area contributed by atoms with Gasteiger partial charge in [0.15, 0.2) is 6.20 Å². The second-order valence-electron chi connectivity index (χ2n) is 1.28. The van der Waals surface area contributed by atoms with Gasteiger partial charge in [-0.3, -0.25) is 0 Å². The molecule has 0 atom stereocenters. The first kappa shape index (κ1) is 5.03. The van der Waals surface area contributed by atoms with Gasteiger partial charge in [0.25, 0.3) is 0 Å². The van der Waals surface area contributed by atoms with E-state index >= 15 is 0 Å². The van der Waals surface area contributed by atoms with E-state index in [9.17, 15) is 9.60 Å². The van der Waals surface area contributed by atoms with Gasteiger partial charge in [-0.05, 0) is 6.07 Å². The van der Waals surface area contributed by atoms with Crippen LogP contribution in [-0.2, 0) is 0 Å². The first-order valence-electron chi connectivity index (χ1n) is 2.05. The molecular weight excluding hydrogens is 109 g/mol. The lowest BCUT2D eigenvalue weighted by molar-refractivity contribution is -0.637. The minimum absolute atomic E-state index is 0.111. The maximum Gasteiger partial charge on any atom is 0.370 e. The fourth-order valence-electron chi connectivity index (χ4n) is 0.363. The van der Waals surface area contributed by atoms with Gasteiger partial charge in [-0.1, -0.05) is 0 Å². The summed E-state index contributed by atoms with van der Waals surface area (Å²) in [6, 6.07) is 4.80. The molecule has 1 aromatic rings. The first-order chi connectivity index (χ1) is 3.80. The lowest BCUT2D eigenvalue weighted by Crippen LogP contribution is -2.29. The van der Waals surface area contributed by atoms with Crippen LogP contribution in [0.1, 0.15) is 0 Å². The molecule has 0 bridgehead atoms. The van der Waals surface area contributed by atoms with E-state index in [1.165, 1.54) is 6.07 Å². The Morgan fingerprint density at radius 1 is 1.75 bits per heavy atom. The Hall–Kier alpha value is -1.12. The molecule has 41 valence electrons. The average molecular weight is 112 g/mol. The van der Waals surface area contributed by atoms with Crippen LogP contribution in [0.25, 0.3) is 0 Å². The number of hydrogen-bond acceptors (Lipinski definition) is 1. The summed E-state index contributed by atoms with van der Waals surface area (Å²) in [5.41, 5.74) is 0. The minimum Gasteiger partial charge on any atom is -0.617 e. The largest absolute Gasteiger partial charge is 0.617 e. The minimum atomic E-state index is -0.802. The molecule has 2 nitrogen and oxygen atoms in total. The van der Waals surface area contributed by atoms with Gasteiger partial charge < -0.3 is 5.21 Å². The van der Waals surface area contributed by atoms with Crippen LogP contribution < -0.4 is 4.73 Å². The molecule has 0 fully saturated rings. The Bertz CT molecular complexity index is 169. The Labute approximate surface area is 45.8 Å². The van der Waals surface area contributed by atoms with Gasteiger partial charge >= 0.3 is 5.95 Å². The normalized spacial score (nSPS) is 9.12. The molecule has 0 N–H and O–H groups in total. The van der Waals surface area contributed by atoms with Crippen LogP contribution >= 0.6 is 0 Å². The highest BCUT2D eigenvalue weighted by molar-refractivity contribution is 4.83. The molecule has 3 heteroatoms. The summed E-state index contributed by atoms with van der Waals surface area (Å²) in [6.45, 7) is 0. The highest BCUT2D eigenvalue weighted by atomic mass is 19.1. The van der Waals surface area contributed by atoms with Gasteiger partial charge in [-0.15, -0.1) is 9.12 Å². The molecule has 0 saturated carbocycles. The molecule has 0 unspecified atom stereocenters. The van der Waals surface area contributed by atoms with Gasteiger partial charge in [0.1, 0.15) is 0 Å². The van der Waals surface area contributed by atoms with Crippen LogP contribution in [0.2, 0.25) is 0 Å². The molecule has 0 aromatic carbocycles. The second kappa shape index (κ2) is 1.78. The van der Waals surface area contributed by atoms with Crippen molar-refractivity contribution in [3.63, 3.8) is 0 Å². The number of halogens is 1. The van der Waals surface area contributed by atoms with Crippen LogP contribution in [0.15, 0.2) is 18.3 Å². The van der Waals surface area contributed by atoms with E-state index in [2.05, 4.69) is 6.07 Å². The lowest BCUT2D eigenvalue weighted by atomic mass is 10.5. The Morgan fingerprint density at radius 3 is 2.88 bits per heavy atom. The maximum absolute atomic E-state index is 11.9. The van der Waals surface area contributed by atoms with E-state index in [0.29, 0.717) is 0 Å². The van der Waals surface area contributed by atoms with Gasteiger partial charge in [0.2, 0.25) is 0 Å². The zero-order valence-electron chi connectivity index (χ0n) is 3.97. The molecule has 1 rings (SSSR count). The smallest absolute Gasteiger partial charge is 0.370 e. The Morgan fingerprint density at radius 2 is 2.50 bits per heavy atom. The van der Waals surface area contributed by atoms with Gasteiger partial charge in [0.05, 0.1) is 6.07 Å². The molecule has 0 aliphatic rings. The summed E-state index contributed by atoms with van der Waals surface area (Å²) in [6.07, 6.45) is 0.981. The molecule has 1 heterocycles. The van der Waals surface area contributed by atoms with Crippen molar-refractivity contribution in [3.05, 3.63) is 35.6 Å². The molecule has 0 spiro atoms. The van der Waals surface area contributed by atoms with E-state index in [4.69, 9.17) is 0 Å². The Kier molecular flexibility index (Phi) is 1.12. The van der Waals surface area contributed by atoms with Gasteiger partial charge in [-0.2, -0.15) is 0 Å². The molecule has 0 saturated heterocycles. The number of aromatic nitrogens is 1. The number of hydrogen-bond donors (Lipinski definition) is 0. The fraction of sp³-hybridized carbons (Fsp3) is 0. The van der Waals surface area contributed by atoms with Crippen LogP contribution in [0.5, 0.6) is 0 Å². The summed E-state index contributed by atoms with van der Waals surface area (Å²) in [4.78, 5) is 0. The first-order valence-corrected chi connectivity index (χ1v) is 2.05. The highest BCUT2D eigenvalue weighted by Gasteiger charge is 1.95. The predicted octanol–water partition coefficient (Wildman–Crippen LogP) is 0.259. The van der Waals surface area contributed by atoms with Crippen molar-refractivity contribution in [1.29, 1.82) is 0 Å². The summed E-state index contributed by atoms with van der Waals surface area (Å²) >= 11 is 0. The van der Waals surface area contributed by atoms with E-state index in [1.807, 2.05) is 0 Å². The molecule has 8 heavy (non-hydrogen) atoms. The third-order valence-electron chi connectivity index (χ3n) is 0.719. The molecule has 0 aliphatic heterocycles. The van der Waals surface area contributed by atoms with Gasteiger partial charge in [-0.25, -0.2) is 0 Å². The van der Waals surface area contributed by atoms with Crippen molar-refractivity contribution in [2.24, 2.45) is 0 Å². The zero-order valence-corrected chi connectivity index (χ0v) is 3.97. The monoisotopic (exact) mass is 112 g/mol. The van der Waals surface area contributed by atoms with Crippen molar-refractivity contribution >= 4 is 0 Å². The van der Waals surface area contributed by atoms with Crippen molar-refractivity contribution in [3.8, 4) is 0 Å². The molecule has 0 amide bonds. The lowest BCUT2D eigenvalue weighted by Gasteiger charge is -1.91. The van der Waals surface area contributed by atoms with Crippen molar-refractivity contribution < 1.29 is 9.12 Å². The van der Waals surface area contributed by atoms with Crippen LogP contribution in [0, 0.1) is 17.2 Å². The maximum atomic E-state index is 11.9. The average Bonchev–Trinajstić information content (AvgIpc) is 1.77. The van der Waals surface area contributed by atoms with Crippen molar-refractivity contribution in [2.75, 3.05) is 0 Å². The Balaban J connectivity index is 3.13. The molecular formula is C5H3FNO. The van der Waals surface area contributed by atoms with Crippen molar-refractivity contribution in [1.82, 2.24) is 0 Å². The summed E-state index contributed by atoms with van der Waals surface area (Å²) < 4.78 is 12.1. The van der Waals surface area contributed by atoms with Crippen LogP contribution in [0.4, 0.5) is 4.39 Å². The van der Waals surface area contributed by atoms with Gasteiger partial charge in [0, 0.05) is 6.07 Å². The number of pyridine rings is 1. The molecule has 0 aliphatic carbocycles. The second-order valence-corrected chi connectivity index (χ2v) is 1.28. The number of nitrogens with zero attached hydrogens (tertiary/aromatic N) is 1. The third kappa shape index (κ3) is 0.753. The van der Waals surface area contributed by atoms with Crippen molar-refractivity contribution in [2.45, 2.75) is 0 Å². The summed E-state index contributed by atoms with van der Waals surface area (Å²) in [7, 11) is 0. The quantitative estimate of drug-likeness (QED) is 0.268. The third-order valence-corrected chi connectivity index (χ3v) is 0.719. The topological polar surface area (TPSA) is 26.9 Å². The van der Waals surface area contributed by atoms with Crippen LogP contribution in [0.3, 0.4) is 0 Å². The predicted molar refractivity (Wildman–Crippen MR) is 24.2 cm³/mol. The zero-order chi connectivity index (χ0) is 5.98. The summed E-state index contributed by atoms with van der Waals surface area (Å²) in [5.74, 6) is -0.802. The standard InChI is InChI=1S/C5H3FNO/c6-5-3-1-2-4-7(5)8/h1,3-4H. The molecule has 1 aromatic heterocycles. The summed E-state index contributed by atoms with van der Waals surface area (Å²) in [5, 5.41) is 10.1. The van der Waals surface area contributed by atoms with E-state index in [0.717, 1.165) is 12.3 Å². The van der Waals surface area contributed by atoms with E-state index < -0.39 is 5.95 Å². The highest BCUT2D eigenvalue weighted by Crippen LogP contribution is 1.83.